The summed E-state index contributed by atoms with van der Waals surface area (Å²) < 4.78 is 4.90. The Bertz CT molecular complexity index is 478. The molecule has 0 atom stereocenters. The van der Waals surface area contributed by atoms with Crippen LogP contribution in [-0.2, 0) is 16.1 Å². The zero-order valence-electron chi connectivity index (χ0n) is 11.0. The number of nitrogens with zero attached hydrogens (tertiary/aromatic N) is 1. The molecule has 0 bridgehead atoms. The molecular formula is C12H16N4O4. The Morgan fingerprint density at radius 2 is 1.90 bits per heavy atom. The number of hydrogen-bond acceptors (Lipinski definition) is 4. The molecule has 20 heavy (non-hydrogen) atoms. The number of primary amides is 1. The summed E-state index contributed by atoms with van der Waals surface area (Å²) >= 11 is 0. The molecule has 1 aromatic carbocycles. The molecule has 0 unspecified atom stereocenters. The van der Waals surface area contributed by atoms with E-state index in [0.717, 1.165) is 10.6 Å². The van der Waals surface area contributed by atoms with Crippen LogP contribution in [0.1, 0.15) is 5.56 Å². The summed E-state index contributed by atoms with van der Waals surface area (Å²) in [5, 5.41) is 3.05. The molecule has 0 heterocycles. The van der Waals surface area contributed by atoms with Crippen molar-refractivity contribution in [2.24, 2.45) is 5.73 Å². The molecule has 0 saturated carbocycles. The van der Waals surface area contributed by atoms with E-state index in [4.69, 9.17) is 10.5 Å². The van der Waals surface area contributed by atoms with Gasteiger partial charge in [-0.1, -0.05) is 30.3 Å². The number of benzene rings is 1. The van der Waals surface area contributed by atoms with E-state index in [1.807, 2.05) is 30.3 Å². The molecule has 1 aromatic rings. The molecule has 0 aliphatic heterocycles. The quantitative estimate of drug-likeness (QED) is 0.671. The molecule has 1 rings (SSSR count). The first-order valence-electron chi connectivity index (χ1n) is 5.76. The van der Waals surface area contributed by atoms with Crippen LogP contribution in [0.5, 0.6) is 0 Å². The van der Waals surface area contributed by atoms with Gasteiger partial charge in [0.05, 0.1) is 0 Å². The summed E-state index contributed by atoms with van der Waals surface area (Å²) in [4.78, 5) is 33.3. The number of nitrogens with two attached hydrogens (primary N) is 1. The van der Waals surface area contributed by atoms with E-state index in [2.05, 4.69) is 10.7 Å². The third-order valence-corrected chi connectivity index (χ3v) is 2.23. The molecule has 108 valence electrons. The summed E-state index contributed by atoms with van der Waals surface area (Å²) in [6.45, 7) is -0.222. The fourth-order valence-corrected chi connectivity index (χ4v) is 1.21. The van der Waals surface area contributed by atoms with Gasteiger partial charge in [0.2, 0.25) is 0 Å². The van der Waals surface area contributed by atoms with Gasteiger partial charge in [-0.25, -0.2) is 14.6 Å². The molecule has 8 nitrogen and oxygen atoms in total. The van der Waals surface area contributed by atoms with E-state index in [0.29, 0.717) is 0 Å². The predicted octanol–water partition coefficient (Wildman–Crippen LogP) is -0.0455. The number of carbonyl (C=O) groups excluding carboxylic acids is 3. The first-order valence-corrected chi connectivity index (χ1v) is 5.76. The van der Waals surface area contributed by atoms with Crippen molar-refractivity contribution in [3.63, 3.8) is 0 Å². The van der Waals surface area contributed by atoms with Crippen molar-refractivity contribution in [3.05, 3.63) is 35.9 Å². The van der Waals surface area contributed by atoms with Gasteiger partial charge in [0.1, 0.15) is 13.2 Å². The van der Waals surface area contributed by atoms with E-state index in [1.54, 1.807) is 0 Å². The van der Waals surface area contributed by atoms with E-state index >= 15 is 0 Å². The Morgan fingerprint density at radius 3 is 2.50 bits per heavy atom. The van der Waals surface area contributed by atoms with Crippen molar-refractivity contribution in [3.8, 4) is 0 Å². The number of amides is 4. The second-order valence-electron chi connectivity index (χ2n) is 3.85. The fraction of sp³-hybridized carbons (Fsp3) is 0.250. The maximum absolute atomic E-state index is 11.3. The third kappa shape index (κ3) is 5.71. The summed E-state index contributed by atoms with van der Waals surface area (Å²) in [7, 11) is 1.29. The molecule has 4 amide bonds. The van der Waals surface area contributed by atoms with Gasteiger partial charge in [0.15, 0.2) is 0 Å². The highest BCUT2D eigenvalue weighted by Crippen LogP contribution is 2.00. The molecule has 0 aromatic heterocycles. The lowest BCUT2D eigenvalue weighted by Gasteiger charge is -2.15. The van der Waals surface area contributed by atoms with Gasteiger partial charge in [-0.15, -0.1) is 0 Å². The van der Waals surface area contributed by atoms with E-state index in [-0.39, 0.29) is 13.2 Å². The highest BCUT2D eigenvalue weighted by atomic mass is 16.5. The molecular weight excluding hydrogens is 264 g/mol. The number of alkyl carbamates (subject to hydrolysis) is 1. The Kier molecular flexibility index (Phi) is 5.82. The number of ether oxygens (including phenoxy) is 1. The lowest BCUT2D eigenvalue weighted by molar-refractivity contribution is -0.123. The smallest absolute Gasteiger partial charge is 0.407 e. The molecule has 0 fully saturated rings. The molecule has 0 aliphatic rings. The highest BCUT2D eigenvalue weighted by Gasteiger charge is 2.10. The van der Waals surface area contributed by atoms with Crippen molar-refractivity contribution in [2.45, 2.75) is 6.61 Å². The summed E-state index contributed by atoms with van der Waals surface area (Å²) in [6.07, 6.45) is -0.731. The molecule has 8 heteroatoms. The Labute approximate surface area is 115 Å². The average molecular weight is 280 g/mol. The van der Waals surface area contributed by atoms with Gasteiger partial charge in [-0.2, -0.15) is 0 Å². The minimum atomic E-state index is -0.815. The van der Waals surface area contributed by atoms with Crippen LogP contribution in [0.4, 0.5) is 9.59 Å². The first kappa shape index (κ1) is 15.3. The van der Waals surface area contributed by atoms with Gasteiger partial charge in [0, 0.05) is 7.05 Å². The Morgan fingerprint density at radius 1 is 1.25 bits per heavy atom. The number of nitrogens with one attached hydrogen (secondary N) is 2. The minimum Gasteiger partial charge on any atom is -0.445 e. The van der Waals surface area contributed by atoms with Crippen molar-refractivity contribution in [2.75, 3.05) is 13.6 Å². The second-order valence-corrected chi connectivity index (χ2v) is 3.85. The summed E-state index contributed by atoms with van der Waals surface area (Å²) in [5.41, 5.74) is 7.90. The van der Waals surface area contributed by atoms with Crippen LogP contribution in [-0.4, -0.2) is 36.6 Å². The lowest BCUT2D eigenvalue weighted by Crippen LogP contribution is -2.49. The van der Waals surface area contributed by atoms with Crippen LogP contribution >= 0.6 is 0 Å². The number of carbonyl (C=O) groups is 3. The molecule has 0 radical (unpaired) electrons. The lowest BCUT2D eigenvalue weighted by atomic mass is 10.2. The van der Waals surface area contributed by atoms with Gasteiger partial charge in [-0.05, 0) is 5.56 Å². The SMILES string of the molecule is CN(NC(=O)CNC(=O)OCc1ccccc1)C(N)=O. The molecule has 0 aliphatic carbocycles. The Balaban J connectivity index is 2.23. The third-order valence-electron chi connectivity index (χ3n) is 2.23. The number of urea groups is 1. The summed E-state index contributed by atoms with van der Waals surface area (Å²) in [6, 6.07) is 8.30. The van der Waals surface area contributed by atoms with E-state index in [9.17, 15) is 14.4 Å². The van der Waals surface area contributed by atoms with Gasteiger partial charge >= 0.3 is 12.1 Å². The van der Waals surface area contributed by atoms with Crippen LogP contribution in [0.2, 0.25) is 0 Å². The van der Waals surface area contributed by atoms with Crippen molar-refractivity contribution in [1.82, 2.24) is 15.8 Å². The number of hydrazine groups is 1. The maximum Gasteiger partial charge on any atom is 0.407 e. The standard InChI is InChI=1S/C12H16N4O4/c1-16(11(13)18)15-10(17)7-14-12(19)20-8-9-5-3-2-4-6-9/h2-6H,7-8H2,1H3,(H2,13,18)(H,14,19)(H,15,17). The molecule has 0 saturated heterocycles. The fourth-order valence-electron chi connectivity index (χ4n) is 1.21. The van der Waals surface area contributed by atoms with Gasteiger partial charge in [0.25, 0.3) is 5.91 Å². The van der Waals surface area contributed by atoms with E-state index < -0.39 is 18.0 Å². The maximum atomic E-state index is 11.3. The Hall–Kier alpha value is -2.77. The number of hydrogen-bond donors (Lipinski definition) is 3. The first-order chi connectivity index (χ1) is 9.49. The zero-order chi connectivity index (χ0) is 15.0. The largest absolute Gasteiger partial charge is 0.445 e. The average Bonchev–Trinajstić information content (AvgIpc) is 2.43. The van der Waals surface area contributed by atoms with Crippen molar-refractivity contribution >= 4 is 18.0 Å². The van der Waals surface area contributed by atoms with Crippen LogP contribution in [0.3, 0.4) is 0 Å². The van der Waals surface area contributed by atoms with Crippen molar-refractivity contribution < 1.29 is 19.1 Å². The van der Waals surface area contributed by atoms with Gasteiger partial charge in [-0.3, -0.25) is 10.2 Å². The summed E-state index contributed by atoms with van der Waals surface area (Å²) in [5.74, 6) is -0.594. The number of rotatable bonds is 4. The van der Waals surface area contributed by atoms with Crippen molar-refractivity contribution in [1.29, 1.82) is 0 Å². The zero-order valence-corrected chi connectivity index (χ0v) is 11.0. The molecule has 4 N–H and O–H groups in total. The minimum absolute atomic E-state index is 0.107. The highest BCUT2D eigenvalue weighted by molar-refractivity contribution is 5.84. The van der Waals surface area contributed by atoms with Crippen LogP contribution in [0.15, 0.2) is 30.3 Å². The monoisotopic (exact) mass is 280 g/mol. The second kappa shape index (κ2) is 7.62. The van der Waals surface area contributed by atoms with Gasteiger partial charge < -0.3 is 15.8 Å². The normalized spacial score (nSPS) is 9.45. The van der Waals surface area contributed by atoms with Crippen LogP contribution < -0.4 is 16.5 Å². The topological polar surface area (TPSA) is 114 Å². The predicted molar refractivity (Wildman–Crippen MR) is 70.1 cm³/mol. The molecule has 0 spiro atoms. The van der Waals surface area contributed by atoms with E-state index in [1.165, 1.54) is 7.05 Å². The van der Waals surface area contributed by atoms with Crippen LogP contribution in [0.25, 0.3) is 0 Å². The van der Waals surface area contributed by atoms with Crippen LogP contribution in [0, 0.1) is 0 Å².